The summed E-state index contributed by atoms with van der Waals surface area (Å²) >= 11 is 0. The van der Waals surface area contributed by atoms with Crippen molar-refractivity contribution in [3.05, 3.63) is 0 Å². The predicted molar refractivity (Wildman–Crippen MR) is 77.6 cm³/mol. The molecule has 0 saturated heterocycles. The Morgan fingerprint density at radius 3 is 1.59 bits per heavy atom. The minimum atomic E-state index is -0.681. The summed E-state index contributed by atoms with van der Waals surface area (Å²) in [6.07, 6.45) is 8.08. The van der Waals surface area contributed by atoms with Crippen LogP contribution in [0.5, 0.6) is 0 Å². The molecule has 0 amide bonds. The smallest absolute Gasteiger partial charge is 0.170 e. The Hall–Kier alpha value is 0.350. The Kier molecular flexibility index (Phi) is 10.5. The van der Waals surface area contributed by atoms with Gasteiger partial charge in [0.15, 0.2) is 8.38 Å². The molecule has 0 aliphatic rings. The van der Waals surface area contributed by atoms with E-state index in [0.29, 0.717) is 0 Å². The lowest BCUT2D eigenvalue weighted by atomic mass is 9.88. The van der Waals surface area contributed by atoms with Gasteiger partial charge >= 0.3 is 0 Å². The molecule has 3 heteroatoms. The quantitative estimate of drug-likeness (QED) is 0.457. The van der Waals surface area contributed by atoms with Crippen LogP contribution in [0, 0.1) is 0 Å². The lowest BCUT2D eigenvalue weighted by Gasteiger charge is -2.36. The molecule has 0 radical (unpaired) electrons. The zero-order valence-electron chi connectivity index (χ0n) is 12.4. The lowest BCUT2D eigenvalue weighted by Crippen LogP contribution is -2.31. The largest absolute Gasteiger partial charge is 0.334 e. The van der Waals surface area contributed by atoms with E-state index in [0.717, 1.165) is 12.8 Å². The van der Waals surface area contributed by atoms with Crippen LogP contribution < -0.4 is 0 Å². The molecule has 1 unspecified atom stereocenters. The highest BCUT2D eigenvalue weighted by Crippen LogP contribution is 2.47. The third kappa shape index (κ3) is 6.74. The van der Waals surface area contributed by atoms with Crippen molar-refractivity contribution in [1.29, 1.82) is 0 Å². The van der Waals surface area contributed by atoms with E-state index in [9.17, 15) is 0 Å². The van der Waals surface area contributed by atoms with Gasteiger partial charge in [-0.15, -0.1) is 0 Å². The van der Waals surface area contributed by atoms with Gasteiger partial charge in [0.2, 0.25) is 0 Å². The van der Waals surface area contributed by atoms with E-state index in [1.54, 1.807) is 0 Å². The summed E-state index contributed by atoms with van der Waals surface area (Å²) < 4.78 is 12.1. The molecule has 0 aromatic heterocycles. The SMILES string of the molecule is CCCC(CCC)(CCC)OP(CC)OCC. The Morgan fingerprint density at radius 2 is 1.29 bits per heavy atom. The molecule has 0 aliphatic carbocycles. The molecular weight excluding hydrogens is 231 g/mol. The first kappa shape index (κ1) is 17.4. The molecule has 2 nitrogen and oxygen atoms in total. The van der Waals surface area contributed by atoms with Crippen LogP contribution in [0.2, 0.25) is 0 Å². The molecule has 0 saturated carbocycles. The summed E-state index contributed by atoms with van der Waals surface area (Å²) in [5, 5.41) is 0. The first-order valence-electron chi connectivity index (χ1n) is 7.27. The zero-order chi connectivity index (χ0) is 13.1. The molecule has 0 heterocycles. The van der Waals surface area contributed by atoms with Gasteiger partial charge in [0.25, 0.3) is 0 Å². The van der Waals surface area contributed by atoms with Gasteiger partial charge in [-0.1, -0.05) is 47.0 Å². The molecule has 0 aromatic rings. The monoisotopic (exact) mass is 262 g/mol. The van der Waals surface area contributed by atoms with Crippen LogP contribution in [-0.2, 0) is 9.05 Å². The molecular formula is C14H31O2P. The van der Waals surface area contributed by atoms with E-state index in [-0.39, 0.29) is 5.60 Å². The molecule has 17 heavy (non-hydrogen) atoms. The normalized spacial score (nSPS) is 13.9. The summed E-state index contributed by atoms with van der Waals surface area (Å²) in [5.41, 5.74) is 0.0785. The Balaban J connectivity index is 4.59. The van der Waals surface area contributed by atoms with Crippen LogP contribution in [-0.4, -0.2) is 18.4 Å². The molecule has 0 rings (SSSR count). The van der Waals surface area contributed by atoms with Gasteiger partial charge in [0.05, 0.1) is 12.2 Å². The number of rotatable bonds is 11. The van der Waals surface area contributed by atoms with Gasteiger partial charge < -0.3 is 9.05 Å². The van der Waals surface area contributed by atoms with Gasteiger partial charge in [-0.05, 0) is 26.2 Å². The molecule has 104 valence electrons. The second-order valence-electron chi connectivity index (χ2n) is 4.59. The van der Waals surface area contributed by atoms with E-state index in [1.165, 1.54) is 38.5 Å². The summed E-state index contributed by atoms with van der Waals surface area (Å²) in [4.78, 5) is 0. The van der Waals surface area contributed by atoms with Crippen molar-refractivity contribution >= 4 is 8.38 Å². The second-order valence-corrected chi connectivity index (χ2v) is 6.33. The molecule has 0 bridgehead atoms. The first-order valence-corrected chi connectivity index (χ1v) is 8.63. The van der Waals surface area contributed by atoms with E-state index < -0.39 is 8.38 Å². The van der Waals surface area contributed by atoms with E-state index >= 15 is 0 Å². The predicted octanol–water partition coefficient (Wildman–Crippen LogP) is 5.51. The molecule has 0 fully saturated rings. The van der Waals surface area contributed by atoms with Gasteiger partial charge in [-0.25, -0.2) is 0 Å². The van der Waals surface area contributed by atoms with Crippen molar-refractivity contribution < 1.29 is 9.05 Å². The molecule has 0 N–H and O–H groups in total. The van der Waals surface area contributed by atoms with E-state index in [1.807, 2.05) is 0 Å². The number of hydrogen-bond donors (Lipinski definition) is 0. The van der Waals surface area contributed by atoms with Gasteiger partial charge in [-0.2, -0.15) is 0 Å². The van der Waals surface area contributed by atoms with Crippen molar-refractivity contribution in [2.24, 2.45) is 0 Å². The van der Waals surface area contributed by atoms with Crippen LogP contribution in [0.4, 0.5) is 0 Å². The maximum absolute atomic E-state index is 6.39. The molecule has 1 atom stereocenters. The lowest BCUT2D eigenvalue weighted by molar-refractivity contribution is 0.0358. The van der Waals surface area contributed by atoms with Crippen molar-refractivity contribution in [2.45, 2.75) is 78.7 Å². The summed E-state index contributed by atoms with van der Waals surface area (Å²) in [5.74, 6) is 0. The fourth-order valence-electron chi connectivity index (χ4n) is 2.42. The Labute approximate surface area is 109 Å². The van der Waals surface area contributed by atoms with Crippen LogP contribution in [0.3, 0.4) is 0 Å². The van der Waals surface area contributed by atoms with Crippen molar-refractivity contribution in [1.82, 2.24) is 0 Å². The maximum Gasteiger partial charge on any atom is 0.170 e. The summed E-state index contributed by atoms with van der Waals surface area (Å²) in [6, 6.07) is 0. The average Bonchev–Trinajstić information content (AvgIpc) is 2.29. The van der Waals surface area contributed by atoms with E-state index in [2.05, 4.69) is 34.6 Å². The number of hydrogen-bond acceptors (Lipinski definition) is 2. The second kappa shape index (κ2) is 10.3. The van der Waals surface area contributed by atoms with E-state index in [4.69, 9.17) is 9.05 Å². The van der Waals surface area contributed by atoms with Gasteiger partial charge in [-0.3, -0.25) is 0 Å². The van der Waals surface area contributed by atoms with Crippen LogP contribution >= 0.6 is 8.38 Å². The fraction of sp³-hybridized carbons (Fsp3) is 1.00. The Morgan fingerprint density at radius 1 is 0.824 bits per heavy atom. The minimum Gasteiger partial charge on any atom is -0.334 e. The first-order chi connectivity index (χ1) is 8.17. The average molecular weight is 262 g/mol. The minimum absolute atomic E-state index is 0.0785. The van der Waals surface area contributed by atoms with Gasteiger partial charge in [0.1, 0.15) is 0 Å². The van der Waals surface area contributed by atoms with Crippen molar-refractivity contribution in [3.8, 4) is 0 Å². The van der Waals surface area contributed by atoms with Crippen LogP contribution in [0.15, 0.2) is 0 Å². The molecule has 0 aromatic carbocycles. The third-order valence-corrected chi connectivity index (χ3v) is 4.60. The maximum atomic E-state index is 6.39. The Bertz CT molecular complexity index is 157. The van der Waals surface area contributed by atoms with Crippen molar-refractivity contribution in [2.75, 3.05) is 12.8 Å². The zero-order valence-corrected chi connectivity index (χ0v) is 13.3. The standard InChI is InChI=1S/C14H31O2P/c1-6-11-14(12-7-2,13-8-3)16-17(10-5)15-9-4/h6-13H2,1-5H3. The molecule has 0 spiro atoms. The van der Waals surface area contributed by atoms with Crippen LogP contribution in [0.1, 0.15) is 73.1 Å². The molecule has 0 aliphatic heterocycles. The third-order valence-electron chi connectivity index (χ3n) is 2.94. The highest BCUT2D eigenvalue weighted by atomic mass is 31.2. The highest BCUT2D eigenvalue weighted by Gasteiger charge is 2.31. The topological polar surface area (TPSA) is 18.5 Å². The van der Waals surface area contributed by atoms with Crippen molar-refractivity contribution in [3.63, 3.8) is 0 Å². The fourth-order valence-corrected chi connectivity index (χ4v) is 3.78. The van der Waals surface area contributed by atoms with Gasteiger partial charge in [0, 0.05) is 6.16 Å². The summed E-state index contributed by atoms with van der Waals surface area (Å²) in [6.45, 7) is 11.7. The van der Waals surface area contributed by atoms with Crippen LogP contribution in [0.25, 0.3) is 0 Å². The highest BCUT2D eigenvalue weighted by molar-refractivity contribution is 7.47. The summed E-state index contributed by atoms with van der Waals surface area (Å²) in [7, 11) is -0.681.